The minimum Gasteiger partial charge on any atom is -0.439 e. The Balaban J connectivity index is 1.45. The Labute approximate surface area is 191 Å². The number of rotatable bonds is 6. The maximum Gasteiger partial charge on any atom is 0.269 e. The Kier molecular flexibility index (Phi) is 6.25. The van der Waals surface area contributed by atoms with E-state index in [1.165, 1.54) is 28.6 Å². The van der Waals surface area contributed by atoms with E-state index < -0.39 is 14.9 Å². The quantitative estimate of drug-likeness (QED) is 0.398. The molecule has 1 aromatic heterocycles. The Morgan fingerprint density at radius 2 is 1.58 bits per heavy atom. The van der Waals surface area contributed by atoms with Crippen LogP contribution in [-0.2, 0) is 10.0 Å². The second kappa shape index (κ2) is 9.12. The van der Waals surface area contributed by atoms with Gasteiger partial charge in [0, 0.05) is 44.4 Å². The molecule has 1 aliphatic heterocycles. The molecule has 4 rings (SSSR count). The fourth-order valence-corrected chi connectivity index (χ4v) is 4.94. The van der Waals surface area contributed by atoms with Crippen LogP contribution in [0.4, 0.5) is 11.5 Å². The third-order valence-corrected chi connectivity index (χ3v) is 7.21. The highest BCUT2D eigenvalue weighted by molar-refractivity contribution is 7.89. The van der Waals surface area contributed by atoms with Crippen LogP contribution in [0.25, 0.3) is 0 Å². The Bertz CT molecular complexity index is 1260. The largest absolute Gasteiger partial charge is 0.439 e. The monoisotopic (exact) mass is 469 g/mol. The average molecular weight is 470 g/mol. The number of anilines is 1. The van der Waals surface area contributed by atoms with Gasteiger partial charge in [-0.1, -0.05) is 17.7 Å². The maximum atomic E-state index is 12.9. The van der Waals surface area contributed by atoms with E-state index in [4.69, 9.17) is 4.74 Å². The number of nitro benzene ring substituents is 1. The predicted molar refractivity (Wildman–Crippen MR) is 122 cm³/mol. The van der Waals surface area contributed by atoms with E-state index in [1.807, 2.05) is 36.1 Å². The standard InChI is InChI=1S/C22H23N5O5S/c1-16-3-7-19(8-4-16)32-22-15-21(23-17(2)24-22)25-11-13-26(14-12-25)33(30,31)20-9-5-18(6-10-20)27(28)29/h3-10,15H,11-14H2,1-2H3. The molecule has 0 bridgehead atoms. The Morgan fingerprint density at radius 1 is 0.939 bits per heavy atom. The molecule has 172 valence electrons. The van der Waals surface area contributed by atoms with Gasteiger partial charge < -0.3 is 9.64 Å². The number of aromatic nitrogens is 2. The summed E-state index contributed by atoms with van der Waals surface area (Å²) >= 11 is 0. The second-order valence-electron chi connectivity index (χ2n) is 7.67. The molecule has 0 N–H and O–H groups in total. The van der Waals surface area contributed by atoms with Crippen LogP contribution in [0.3, 0.4) is 0 Å². The first-order chi connectivity index (χ1) is 15.7. The number of sulfonamides is 1. The summed E-state index contributed by atoms with van der Waals surface area (Å²) in [6.45, 7) is 5.17. The van der Waals surface area contributed by atoms with Crippen LogP contribution in [0.2, 0.25) is 0 Å². The number of hydrogen-bond acceptors (Lipinski definition) is 8. The molecule has 0 unspecified atom stereocenters. The van der Waals surface area contributed by atoms with Crippen molar-refractivity contribution in [2.75, 3.05) is 31.1 Å². The van der Waals surface area contributed by atoms with E-state index in [2.05, 4.69) is 9.97 Å². The minimum atomic E-state index is -3.74. The lowest BCUT2D eigenvalue weighted by atomic mass is 10.2. The van der Waals surface area contributed by atoms with Crippen molar-refractivity contribution < 1.29 is 18.1 Å². The Morgan fingerprint density at radius 3 is 2.18 bits per heavy atom. The molecule has 2 heterocycles. The third kappa shape index (κ3) is 5.10. The minimum absolute atomic E-state index is 0.0354. The van der Waals surface area contributed by atoms with E-state index in [1.54, 1.807) is 13.0 Å². The van der Waals surface area contributed by atoms with Gasteiger partial charge in [0.05, 0.1) is 9.82 Å². The summed E-state index contributed by atoms with van der Waals surface area (Å²) in [5.74, 6) is 2.30. The van der Waals surface area contributed by atoms with Crippen LogP contribution in [-0.4, -0.2) is 53.8 Å². The van der Waals surface area contributed by atoms with Crippen molar-refractivity contribution >= 4 is 21.5 Å². The summed E-state index contributed by atoms with van der Waals surface area (Å²) in [6.07, 6.45) is 0. The molecule has 11 heteroatoms. The van der Waals surface area contributed by atoms with Gasteiger partial charge in [0.1, 0.15) is 17.4 Å². The van der Waals surface area contributed by atoms with Crippen molar-refractivity contribution in [3.63, 3.8) is 0 Å². The first-order valence-corrected chi connectivity index (χ1v) is 11.8. The van der Waals surface area contributed by atoms with Crippen LogP contribution in [0.15, 0.2) is 59.5 Å². The maximum absolute atomic E-state index is 12.9. The number of hydrogen-bond donors (Lipinski definition) is 0. The predicted octanol–water partition coefficient (Wildman–Crippen LogP) is 3.30. The molecule has 0 amide bonds. The van der Waals surface area contributed by atoms with Gasteiger partial charge in [0.2, 0.25) is 15.9 Å². The van der Waals surface area contributed by atoms with E-state index in [0.29, 0.717) is 36.4 Å². The van der Waals surface area contributed by atoms with Gasteiger partial charge in [0.25, 0.3) is 5.69 Å². The fourth-order valence-electron chi connectivity index (χ4n) is 3.51. The lowest BCUT2D eigenvalue weighted by Crippen LogP contribution is -2.49. The van der Waals surface area contributed by atoms with Crippen LogP contribution in [0, 0.1) is 24.0 Å². The van der Waals surface area contributed by atoms with E-state index >= 15 is 0 Å². The number of non-ortho nitro benzene ring substituents is 1. The van der Waals surface area contributed by atoms with Gasteiger partial charge in [0.15, 0.2) is 0 Å². The summed E-state index contributed by atoms with van der Waals surface area (Å²) in [4.78, 5) is 21.1. The highest BCUT2D eigenvalue weighted by atomic mass is 32.2. The van der Waals surface area contributed by atoms with Gasteiger partial charge in [-0.2, -0.15) is 9.29 Å². The first kappa shape index (κ1) is 22.6. The van der Waals surface area contributed by atoms with Crippen molar-refractivity contribution in [2.45, 2.75) is 18.7 Å². The molecule has 0 aliphatic carbocycles. The van der Waals surface area contributed by atoms with E-state index in [-0.39, 0.29) is 23.7 Å². The zero-order valence-electron chi connectivity index (χ0n) is 18.2. The highest BCUT2D eigenvalue weighted by Gasteiger charge is 2.29. The fraction of sp³-hybridized carbons (Fsp3) is 0.273. The van der Waals surface area contributed by atoms with Crippen LogP contribution in [0.1, 0.15) is 11.4 Å². The van der Waals surface area contributed by atoms with E-state index in [9.17, 15) is 18.5 Å². The van der Waals surface area contributed by atoms with Gasteiger partial charge >= 0.3 is 0 Å². The van der Waals surface area contributed by atoms with Crippen molar-refractivity contribution in [3.8, 4) is 11.6 Å². The SMILES string of the molecule is Cc1ccc(Oc2cc(N3CCN(S(=O)(=O)c4ccc([N+](=O)[O-])cc4)CC3)nc(C)n2)cc1. The van der Waals surface area contributed by atoms with Crippen molar-refractivity contribution in [1.29, 1.82) is 0 Å². The molecule has 0 saturated carbocycles. The van der Waals surface area contributed by atoms with Gasteiger partial charge in [-0.15, -0.1) is 0 Å². The molecular formula is C22H23N5O5S. The second-order valence-corrected chi connectivity index (χ2v) is 9.61. The summed E-state index contributed by atoms with van der Waals surface area (Å²) in [6, 6.07) is 14.3. The lowest BCUT2D eigenvalue weighted by molar-refractivity contribution is -0.384. The van der Waals surface area contributed by atoms with Gasteiger partial charge in [-0.05, 0) is 38.1 Å². The smallest absolute Gasteiger partial charge is 0.269 e. The summed E-state index contributed by atoms with van der Waals surface area (Å²) in [5.41, 5.74) is 0.977. The van der Waals surface area contributed by atoms with Crippen LogP contribution in [0.5, 0.6) is 11.6 Å². The zero-order valence-corrected chi connectivity index (χ0v) is 19.0. The lowest BCUT2D eigenvalue weighted by Gasteiger charge is -2.34. The van der Waals surface area contributed by atoms with Crippen molar-refractivity contribution in [3.05, 3.63) is 76.1 Å². The molecule has 3 aromatic rings. The normalized spacial score (nSPS) is 14.8. The molecule has 10 nitrogen and oxygen atoms in total. The summed E-state index contributed by atoms with van der Waals surface area (Å²) in [5, 5.41) is 10.8. The van der Waals surface area contributed by atoms with E-state index in [0.717, 1.165) is 5.56 Å². The number of nitro groups is 1. The van der Waals surface area contributed by atoms with Crippen LogP contribution < -0.4 is 9.64 Å². The number of piperazine rings is 1. The highest BCUT2D eigenvalue weighted by Crippen LogP contribution is 2.26. The summed E-state index contributed by atoms with van der Waals surface area (Å²) < 4.78 is 33.1. The molecular weight excluding hydrogens is 446 g/mol. The Hall–Kier alpha value is -3.57. The molecule has 1 fully saturated rings. The number of benzene rings is 2. The third-order valence-electron chi connectivity index (χ3n) is 5.29. The molecule has 0 radical (unpaired) electrons. The van der Waals surface area contributed by atoms with Gasteiger partial charge in [-0.3, -0.25) is 10.1 Å². The zero-order chi connectivity index (χ0) is 23.6. The van der Waals surface area contributed by atoms with Gasteiger partial charge in [-0.25, -0.2) is 13.4 Å². The molecule has 1 aliphatic rings. The first-order valence-electron chi connectivity index (χ1n) is 10.3. The number of nitrogens with zero attached hydrogens (tertiary/aromatic N) is 5. The molecule has 0 atom stereocenters. The molecule has 1 saturated heterocycles. The van der Waals surface area contributed by atoms with Crippen molar-refractivity contribution in [1.82, 2.24) is 14.3 Å². The van der Waals surface area contributed by atoms with Crippen molar-refractivity contribution in [2.24, 2.45) is 0 Å². The molecule has 0 spiro atoms. The molecule has 2 aromatic carbocycles. The average Bonchev–Trinajstić information content (AvgIpc) is 2.80. The topological polar surface area (TPSA) is 119 Å². The number of ether oxygens (including phenoxy) is 1. The number of aryl methyl sites for hydroxylation is 2. The van der Waals surface area contributed by atoms with Crippen LogP contribution >= 0.6 is 0 Å². The molecule has 33 heavy (non-hydrogen) atoms. The summed E-state index contributed by atoms with van der Waals surface area (Å²) in [7, 11) is -3.74.